The lowest BCUT2D eigenvalue weighted by atomic mass is 10.3. The lowest BCUT2D eigenvalue weighted by Crippen LogP contribution is -2.08. The van der Waals surface area contributed by atoms with Crippen LogP contribution in [0.5, 0.6) is 0 Å². The maximum Gasteiger partial charge on any atom is 0.191 e. The van der Waals surface area contributed by atoms with E-state index in [1.807, 2.05) is 6.07 Å². The largest absolute Gasteiger partial charge is 0.324 e. The third-order valence-corrected chi connectivity index (χ3v) is 4.38. The van der Waals surface area contributed by atoms with E-state index < -0.39 is 0 Å². The van der Waals surface area contributed by atoms with Gasteiger partial charge in [0.05, 0.1) is 11.6 Å². The standard InChI is InChI=1S/C12H14ClN5S/c13-10-6-15-4-3-8(10)7-19-12-17-16-11(5-14)18(12)9-1-2-9/h3-4,6,9H,1-2,5,7,14H2. The summed E-state index contributed by atoms with van der Waals surface area (Å²) < 4.78 is 2.17. The smallest absolute Gasteiger partial charge is 0.191 e. The molecule has 0 aromatic carbocycles. The molecule has 5 nitrogen and oxygen atoms in total. The van der Waals surface area contributed by atoms with Crippen molar-refractivity contribution in [3.05, 3.63) is 34.9 Å². The second-order valence-electron chi connectivity index (χ2n) is 4.46. The van der Waals surface area contributed by atoms with Crippen LogP contribution in [0.1, 0.15) is 30.3 Å². The first-order valence-corrected chi connectivity index (χ1v) is 7.51. The number of thioether (sulfide) groups is 1. The monoisotopic (exact) mass is 295 g/mol. The summed E-state index contributed by atoms with van der Waals surface area (Å²) in [7, 11) is 0. The molecule has 1 fully saturated rings. The van der Waals surface area contributed by atoms with Gasteiger partial charge in [-0.15, -0.1) is 10.2 Å². The second kappa shape index (κ2) is 5.48. The molecule has 0 atom stereocenters. The Labute approximate surface area is 120 Å². The molecular formula is C12H14ClN5S. The number of nitrogens with zero attached hydrogens (tertiary/aromatic N) is 4. The zero-order valence-electron chi connectivity index (χ0n) is 10.3. The number of halogens is 1. The molecule has 1 aliphatic rings. The molecule has 3 rings (SSSR count). The van der Waals surface area contributed by atoms with Gasteiger partial charge < -0.3 is 10.3 Å². The summed E-state index contributed by atoms with van der Waals surface area (Å²) in [5.41, 5.74) is 6.76. The molecule has 2 aromatic rings. The van der Waals surface area contributed by atoms with Crippen molar-refractivity contribution in [3.63, 3.8) is 0 Å². The molecule has 2 N–H and O–H groups in total. The molecule has 100 valence electrons. The van der Waals surface area contributed by atoms with Gasteiger partial charge in [-0.2, -0.15) is 0 Å². The van der Waals surface area contributed by atoms with E-state index in [1.54, 1.807) is 24.2 Å². The minimum atomic E-state index is 0.431. The Morgan fingerprint density at radius 2 is 2.26 bits per heavy atom. The van der Waals surface area contributed by atoms with E-state index >= 15 is 0 Å². The summed E-state index contributed by atoms with van der Waals surface area (Å²) in [6, 6.07) is 2.46. The van der Waals surface area contributed by atoms with E-state index in [9.17, 15) is 0 Å². The Kier molecular flexibility index (Phi) is 3.72. The Morgan fingerprint density at radius 1 is 1.42 bits per heavy atom. The van der Waals surface area contributed by atoms with Crippen LogP contribution >= 0.6 is 23.4 Å². The fourth-order valence-electron chi connectivity index (χ4n) is 1.91. The first-order chi connectivity index (χ1) is 9.29. The fourth-order valence-corrected chi connectivity index (χ4v) is 3.20. The van der Waals surface area contributed by atoms with Crippen LogP contribution in [0.2, 0.25) is 5.02 Å². The van der Waals surface area contributed by atoms with Gasteiger partial charge in [0.15, 0.2) is 5.16 Å². The third kappa shape index (κ3) is 2.75. The highest BCUT2D eigenvalue weighted by atomic mass is 35.5. The van der Waals surface area contributed by atoms with Crippen LogP contribution in [-0.4, -0.2) is 19.7 Å². The van der Waals surface area contributed by atoms with Crippen molar-refractivity contribution in [1.29, 1.82) is 0 Å². The molecule has 0 aliphatic heterocycles. The normalized spacial score (nSPS) is 14.8. The zero-order chi connectivity index (χ0) is 13.2. The summed E-state index contributed by atoms with van der Waals surface area (Å²) in [5.74, 6) is 1.63. The number of rotatable bonds is 5. The van der Waals surface area contributed by atoms with Crippen LogP contribution in [0.25, 0.3) is 0 Å². The first kappa shape index (κ1) is 12.9. The minimum Gasteiger partial charge on any atom is -0.324 e. The summed E-state index contributed by atoms with van der Waals surface area (Å²) >= 11 is 7.74. The summed E-state index contributed by atoms with van der Waals surface area (Å²) in [6.45, 7) is 0.431. The topological polar surface area (TPSA) is 69.6 Å². The van der Waals surface area contributed by atoms with Gasteiger partial charge in [-0.1, -0.05) is 23.4 Å². The van der Waals surface area contributed by atoms with Crippen molar-refractivity contribution in [2.45, 2.75) is 36.3 Å². The van der Waals surface area contributed by atoms with Crippen molar-refractivity contribution < 1.29 is 0 Å². The van der Waals surface area contributed by atoms with E-state index in [4.69, 9.17) is 17.3 Å². The molecule has 0 unspecified atom stereocenters. The van der Waals surface area contributed by atoms with Crippen molar-refractivity contribution in [2.24, 2.45) is 5.73 Å². The number of nitrogens with two attached hydrogens (primary N) is 1. The van der Waals surface area contributed by atoms with Gasteiger partial charge in [0.1, 0.15) is 5.82 Å². The summed E-state index contributed by atoms with van der Waals surface area (Å²) in [6.07, 6.45) is 5.79. The van der Waals surface area contributed by atoms with Gasteiger partial charge in [0, 0.05) is 24.2 Å². The van der Waals surface area contributed by atoms with Gasteiger partial charge in [-0.25, -0.2) is 0 Å². The highest BCUT2D eigenvalue weighted by Gasteiger charge is 2.29. The van der Waals surface area contributed by atoms with Gasteiger partial charge >= 0.3 is 0 Å². The Morgan fingerprint density at radius 3 is 2.95 bits per heavy atom. The van der Waals surface area contributed by atoms with E-state index in [1.165, 1.54) is 12.8 Å². The Bertz CT molecular complexity index is 581. The maximum absolute atomic E-state index is 6.10. The number of pyridine rings is 1. The first-order valence-electron chi connectivity index (χ1n) is 6.14. The molecule has 2 aromatic heterocycles. The van der Waals surface area contributed by atoms with Gasteiger partial charge in [-0.3, -0.25) is 4.98 Å². The number of aromatic nitrogens is 4. The highest BCUT2D eigenvalue weighted by molar-refractivity contribution is 7.98. The average molecular weight is 296 g/mol. The summed E-state index contributed by atoms with van der Waals surface area (Å²) in [4.78, 5) is 3.98. The quantitative estimate of drug-likeness (QED) is 0.858. The lowest BCUT2D eigenvalue weighted by Gasteiger charge is -2.07. The Balaban J connectivity index is 1.77. The molecule has 0 bridgehead atoms. The van der Waals surface area contributed by atoms with Crippen molar-refractivity contribution in [1.82, 2.24) is 19.7 Å². The van der Waals surface area contributed by atoms with Crippen LogP contribution in [0, 0.1) is 0 Å². The number of hydrogen-bond acceptors (Lipinski definition) is 5. The molecule has 1 saturated carbocycles. The SMILES string of the molecule is NCc1nnc(SCc2ccncc2Cl)n1C1CC1. The highest BCUT2D eigenvalue weighted by Crippen LogP contribution is 2.39. The van der Waals surface area contributed by atoms with Gasteiger partial charge in [0.2, 0.25) is 0 Å². The van der Waals surface area contributed by atoms with Crippen LogP contribution < -0.4 is 5.73 Å². The van der Waals surface area contributed by atoms with Crippen molar-refractivity contribution in [3.8, 4) is 0 Å². The fraction of sp³-hybridized carbons (Fsp3) is 0.417. The minimum absolute atomic E-state index is 0.431. The van der Waals surface area contributed by atoms with Crippen LogP contribution in [0.4, 0.5) is 0 Å². The van der Waals surface area contributed by atoms with E-state index in [0.717, 1.165) is 22.3 Å². The molecule has 19 heavy (non-hydrogen) atoms. The van der Waals surface area contributed by atoms with Crippen LogP contribution in [-0.2, 0) is 12.3 Å². The number of hydrogen-bond donors (Lipinski definition) is 1. The van der Waals surface area contributed by atoms with Crippen molar-refractivity contribution >= 4 is 23.4 Å². The molecule has 1 aliphatic carbocycles. The average Bonchev–Trinajstić information content (AvgIpc) is 3.18. The second-order valence-corrected chi connectivity index (χ2v) is 5.81. The third-order valence-electron chi connectivity index (χ3n) is 3.04. The molecule has 0 amide bonds. The molecular weight excluding hydrogens is 282 g/mol. The van der Waals surface area contributed by atoms with Crippen LogP contribution in [0.3, 0.4) is 0 Å². The van der Waals surface area contributed by atoms with E-state index in [2.05, 4.69) is 19.7 Å². The predicted molar refractivity (Wildman–Crippen MR) is 75.0 cm³/mol. The maximum atomic E-state index is 6.10. The Hall–Kier alpha value is -1.11. The molecule has 0 spiro atoms. The van der Waals surface area contributed by atoms with E-state index in [0.29, 0.717) is 17.6 Å². The lowest BCUT2D eigenvalue weighted by molar-refractivity contribution is 0.626. The molecule has 0 saturated heterocycles. The molecule has 2 heterocycles. The predicted octanol–water partition coefficient (Wildman–Crippen LogP) is 2.41. The van der Waals surface area contributed by atoms with Gasteiger partial charge in [0.25, 0.3) is 0 Å². The van der Waals surface area contributed by atoms with Gasteiger partial charge in [-0.05, 0) is 24.5 Å². The molecule has 7 heteroatoms. The van der Waals surface area contributed by atoms with Crippen molar-refractivity contribution in [2.75, 3.05) is 0 Å². The molecule has 0 radical (unpaired) electrons. The zero-order valence-corrected chi connectivity index (χ0v) is 11.9. The summed E-state index contributed by atoms with van der Waals surface area (Å²) in [5, 5.41) is 10.00. The van der Waals surface area contributed by atoms with Crippen LogP contribution in [0.15, 0.2) is 23.6 Å². The van der Waals surface area contributed by atoms with E-state index in [-0.39, 0.29) is 0 Å².